The number of rotatable bonds is 5. The fourth-order valence-electron chi connectivity index (χ4n) is 3.99. The molecule has 3 aromatic rings. The molecule has 1 atom stereocenters. The molecule has 3 aromatic carbocycles. The number of nitrogens with zero attached hydrogens (tertiary/aromatic N) is 1. The SMILES string of the molecule is CC(=O)C1=C(O)C(=O)N(CCc2cccc3ccccc23)C1c1ccc(Br)cc1. The van der Waals surface area contributed by atoms with Gasteiger partial charge in [0.2, 0.25) is 0 Å². The van der Waals surface area contributed by atoms with E-state index in [0.717, 1.165) is 26.4 Å². The van der Waals surface area contributed by atoms with E-state index in [1.165, 1.54) is 6.92 Å². The fourth-order valence-corrected chi connectivity index (χ4v) is 4.25. The fraction of sp³-hybridized carbons (Fsp3) is 0.167. The van der Waals surface area contributed by atoms with Crippen molar-refractivity contribution in [1.82, 2.24) is 4.90 Å². The summed E-state index contributed by atoms with van der Waals surface area (Å²) in [5.74, 6) is -1.23. The molecule has 0 aromatic heterocycles. The minimum Gasteiger partial charge on any atom is -0.503 e. The molecule has 1 unspecified atom stereocenters. The van der Waals surface area contributed by atoms with Crippen LogP contribution in [0.2, 0.25) is 0 Å². The Kier molecular flexibility index (Phi) is 5.24. The van der Waals surface area contributed by atoms with Gasteiger partial charge in [0.25, 0.3) is 5.91 Å². The number of hydrogen-bond acceptors (Lipinski definition) is 3. The number of hydrogen-bond donors (Lipinski definition) is 1. The molecule has 0 saturated heterocycles. The van der Waals surface area contributed by atoms with Gasteiger partial charge in [0.1, 0.15) is 0 Å². The highest BCUT2D eigenvalue weighted by molar-refractivity contribution is 9.10. The Morgan fingerprint density at radius 3 is 2.45 bits per heavy atom. The highest BCUT2D eigenvalue weighted by Crippen LogP contribution is 2.38. The standard InChI is InChI=1S/C24H20BrNO3/c1-15(27)21-22(18-9-11-19(25)12-10-18)26(24(29)23(21)28)14-13-17-7-4-6-16-5-2-3-8-20(16)17/h2-12,22,28H,13-14H2,1H3. The van der Waals surface area contributed by atoms with E-state index in [2.05, 4.69) is 40.2 Å². The van der Waals surface area contributed by atoms with Crippen molar-refractivity contribution in [2.75, 3.05) is 6.54 Å². The van der Waals surface area contributed by atoms with Gasteiger partial charge in [0, 0.05) is 11.0 Å². The quantitative estimate of drug-likeness (QED) is 0.587. The zero-order chi connectivity index (χ0) is 20.5. The van der Waals surface area contributed by atoms with Gasteiger partial charge in [-0.1, -0.05) is 70.5 Å². The summed E-state index contributed by atoms with van der Waals surface area (Å²) in [7, 11) is 0. The molecule has 1 aliphatic rings. The topological polar surface area (TPSA) is 57.6 Å². The summed E-state index contributed by atoms with van der Waals surface area (Å²) in [6.45, 7) is 1.79. The number of aliphatic hydroxyl groups excluding tert-OH is 1. The minimum absolute atomic E-state index is 0.162. The zero-order valence-corrected chi connectivity index (χ0v) is 17.5. The second-order valence-corrected chi connectivity index (χ2v) is 8.08. The van der Waals surface area contributed by atoms with Gasteiger partial charge in [-0.2, -0.15) is 0 Å². The Morgan fingerprint density at radius 2 is 1.72 bits per heavy atom. The molecule has 5 heteroatoms. The van der Waals surface area contributed by atoms with Crippen LogP contribution in [0, 0.1) is 0 Å². The molecular weight excluding hydrogens is 430 g/mol. The van der Waals surface area contributed by atoms with Gasteiger partial charge in [-0.15, -0.1) is 0 Å². The number of amides is 1. The van der Waals surface area contributed by atoms with E-state index < -0.39 is 17.7 Å². The van der Waals surface area contributed by atoms with Crippen LogP contribution in [0.25, 0.3) is 10.8 Å². The number of aliphatic hydroxyl groups is 1. The molecule has 0 saturated carbocycles. The predicted molar refractivity (Wildman–Crippen MR) is 117 cm³/mol. The highest BCUT2D eigenvalue weighted by atomic mass is 79.9. The summed E-state index contributed by atoms with van der Waals surface area (Å²) < 4.78 is 0.908. The van der Waals surface area contributed by atoms with Crippen LogP contribution in [0.5, 0.6) is 0 Å². The lowest BCUT2D eigenvalue weighted by atomic mass is 9.96. The van der Waals surface area contributed by atoms with Crippen LogP contribution in [0.1, 0.15) is 24.1 Å². The summed E-state index contributed by atoms with van der Waals surface area (Å²) >= 11 is 3.41. The first kappa shape index (κ1) is 19.4. The number of benzene rings is 3. The average molecular weight is 450 g/mol. The molecule has 1 N–H and O–H groups in total. The molecule has 1 aliphatic heterocycles. The number of ketones is 1. The average Bonchev–Trinajstić information content (AvgIpc) is 2.97. The second kappa shape index (κ2) is 7.84. The summed E-state index contributed by atoms with van der Waals surface area (Å²) in [5.41, 5.74) is 2.09. The molecular formula is C24H20BrNO3. The summed E-state index contributed by atoms with van der Waals surface area (Å²) in [6, 6.07) is 21.1. The Hall–Kier alpha value is -2.92. The molecule has 1 amide bonds. The van der Waals surface area contributed by atoms with Gasteiger partial charge in [-0.05, 0) is 47.4 Å². The van der Waals surface area contributed by atoms with Gasteiger partial charge in [0.05, 0.1) is 11.6 Å². The van der Waals surface area contributed by atoms with Crippen molar-refractivity contribution < 1.29 is 14.7 Å². The van der Waals surface area contributed by atoms with E-state index in [4.69, 9.17) is 0 Å². The third-order valence-electron chi connectivity index (χ3n) is 5.37. The number of halogens is 1. The van der Waals surface area contributed by atoms with E-state index >= 15 is 0 Å². The van der Waals surface area contributed by atoms with Crippen molar-refractivity contribution >= 4 is 38.4 Å². The highest BCUT2D eigenvalue weighted by Gasteiger charge is 2.42. The first-order chi connectivity index (χ1) is 14.0. The first-order valence-electron chi connectivity index (χ1n) is 9.44. The molecule has 0 bridgehead atoms. The number of carbonyl (C=O) groups is 2. The number of Topliss-reactive ketones (excluding diaryl/α,β-unsaturated/α-hetero) is 1. The third-order valence-corrected chi connectivity index (χ3v) is 5.90. The van der Waals surface area contributed by atoms with Crippen LogP contribution < -0.4 is 0 Å². The van der Waals surface area contributed by atoms with Crippen LogP contribution in [0.15, 0.2) is 82.5 Å². The van der Waals surface area contributed by atoms with Crippen LogP contribution in [-0.2, 0) is 16.0 Å². The molecule has 0 spiro atoms. The Balaban J connectivity index is 1.68. The lowest BCUT2D eigenvalue weighted by Gasteiger charge is -2.27. The summed E-state index contributed by atoms with van der Waals surface area (Å²) in [5, 5.41) is 12.7. The molecule has 1 heterocycles. The Labute approximate surface area is 177 Å². The van der Waals surface area contributed by atoms with Crippen molar-refractivity contribution in [1.29, 1.82) is 0 Å². The van der Waals surface area contributed by atoms with Gasteiger partial charge in [-0.25, -0.2) is 0 Å². The Bertz CT molecular complexity index is 1130. The van der Waals surface area contributed by atoms with Crippen molar-refractivity contribution in [3.63, 3.8) is 0 Å². The molecule has 0 radical (unpaired) electrons. The minimum atomic E-state index is -0.580. The van der Waals surface area contributed by atoms with E-state index in [9.17, 15) is 14.7 Å². The van der Waals surface area contributed by atoms with Crippen LogP contribution in [0.3, 0.4) is 0 Å². The largest absolute Gasteiger partial charge is 0.503 e. The molecule has 29 heavy (non-hydrogen) atoms. The normalized spacial score (nSPS) is 16.7. The lowest BCUT2D eigenvalue weighted by molar-refractivity contribution is -0.129. The van der Waals surface area contributed by atoms with Gasteiger partial charge >= 0.3 is 0 Å². The van der Waals surface area contributed by atoms with Crippen molar-refractivity contribution in [3.05, 3.63) is 93.7 Å². The smallest absolute Gasteiger partial charge is 0.290 e. The maximum atomic E-state index is 12.8. The van der Waals surface area contributed by atoms with E-state index in [-0.39, 0.29) is 11.4 Å². The summed E-state index contributed by atoms with van der Waals surface area (Å²) in [6.07, 6.45) is 0.624. The third kappa shape index (κ3) is 3.58. The van der Waals surface area contributed by atoms with Crippen LogP contribution in [0.4, 0.5) is 0 Å². The maximum Gasteiger partial charge on any atom is 0.290 e. The molecule has 4 rings (SSSR count). The molecule has 146 valence electrons. The maximum absolute atomic E-state index is 12.8. The van der Waals surface area contributed by atoms with Crippen molar-refractivity contribution in [2.45, 2.75) is 19.4 Å². The van der Waals surface area contributed by atoms with Gasteiger partial charge in [0.15, 0.2) is 11.5 Å². The number of carbonyl (C=O) groups excluding carboxylic acids is 2. The van der Waals surface area contributed by atoms with Crippen molar-refractivity contribution in [2.24, 2.45) is 0 Å². The second-order valence-electron chi connectivity index (χ2n) is 7.16. The van der Waals surface area contributed by atoms with Crippen LogP contribution in [-0.4, -0.2) is 28.2 Å². The lowest BCUT2D eigenvalue weighted by Crippen LogP contribution is -2.33. The monoisotopic (exact) mass is 449 g/mol. The number of fused-ring (bicyclic) bond motifs is 1. The predicted octanol–water partition coefficient (Wildman–Crippen LogP) is 5.13. The van der Waals surface area contributed by atoms with Gasteiger partial charge in [-0.3, -0.25) is 9.59 Å². The Morgan fingerprint density at radius 1 is 1.03 bits per heavy atom. The van der Waals surface area contributed by atoms with Gasteiger partial charge < -0.3 is 10.0 Å². The molecule has 0 aliphatic carbocycles. The van der Waals surface area contributed by atoms with E-state index in [0.29, 0.717) is 13.0 Å². The zero-order valence-electron chi connectivity index (χ0n) is 15.9. The molecule has 0 fully saturated rings. The molecule has 4 nitrogen and oxygen atoms in total. The van der Waals surface area contributed by atoms with E-state index in [1.54, 1.807) is 4.90 Å². The van der Waals surface area contributed by atoms with E-state index in [1.807, 2.05) is 42.5 Å². The first-order valence-corrected chi connectivity index (χ1v) is 10.2. The summed E-state index contributed by atoms with van der Waals surface area (Å²) in [4.78, 5) is 26.6. The van der Waals surface area contributed by atoms with Crippen molar-refractivity contribution in [3.8, 4) is 0 Å². The van der Waals surface area contributed by atoms with Crippen LogP contribution >= 0.6 is 15.9 Å².